The molecule has 3 nitrogen and oxygen atoms in total. The van der Waals surface area contributed by atoms with Crippen molar-refractivity contribution in [3.63, 3.8) is 0 Å². The van der Waals surface area contributed by atoms with Gasteiger partial charge in [0, 0.05) is 12.5 Å². The smallest absolute Gasteiger partial charge is 0.165 e. The number of piperidine rings is 1. The highest BCUT2D eigenvalue weighted by atomic mass is 79.9. The molecule has 1 fully saturated rings. The lowest BCUT2D eigenvalue weighted by Gasteiger charge is -2.22. The molecule has 5 heteroatoms. The molecular formula is C10H13BrClN3. The molecule has 0 aliphatic carbocycles. The van der Waals surface area contributed by atoms with E-state index in [1.807, 2.05) is 6.07 Å². The molecule has 1 unspecified atom stereocenters. The van der Waals surface area contributed by atoms with Crippen molar-refractivity contribution in [3.8, 4) is 0 Å². The largest absolute Gasteiger partial charge is 0.314 e. The van der Waals surface area contributed by atoms with Gasteiger partial charge in [-0.25, -0.2) is 0 Å². The topological polar surface area (TPSA) is 37.8 Å². The molecule has 1 saturated heterocycles. The van der Waals surface area contributed by atoms with Gasteiger partial charge >= 0.3 is 0 Å². The predicted octanol–water partition coefficient (Wildman–Crippen LogP) is 2.58. The van der Waals surface area contributed by atoms with Crippen molar-refractivity contribution in [1.29, 1.82) is 0 Å². The zero-order chi connectivity index (χ0) is 10.7. The monoisotopic (exact) mass is 289 g/mol. The Morgan fingerprint density at radius 2 is 2.33 bits per heavy atom. The van der Waals surface area contributed by atoms with E-state index in [4.69, 9.17) is 11.6 Å². The van der Waals surface area contributed by atoms with Crippen LogP contribution >= 0.6 is 27.5 Å². The Morgan fingerprint density at radius 3 is 3.00 bits per heavy atom. The van der Waals surface area contributed by atoms with Crippen LogP contribution in [0.3, 0.4) is 0 Å². The van der Waals surface area contributed by atoms with Crippen molar-refractivity contribution in [2.45, 2.75) is 31.7 Å². The highest BCUT2D eigenvalue weighted by Crippen LogP contribution is 2.20. The fourth-order valence-corrected chi connectivity index (χ4v) is 2.28. The first kappa shape index (κ1) is 11.3. The number of aromatic nitrogens is 2. The molecule has 1 aromatic heterocycles. The summed E-state index contributed by atoms with van der Waals surface area (Å²) in [6, 6.07) is 2.49. The van der Waals surface area contributed by atoms with Crippen LogP contribution in [0, 0.1) is 0 Å². The zero-order valence-corrected chi connectivity index (χ0v) is 10.7. The van der Waals surface area contributed by atoms with Gasteiger partial charge in [0.1, 0.15) is 0 Å². The summed E-state index contributed by atoms with van der Waals surface area (Å²) in [5.74, 6) is 0. The van der Waals surface area contributed by atoms with Crippen LogP contribution < -0.4 is 5.32 Å². The normalized spacial score (nSPS) is 21.6. The molecule has 1 aromatic rings. The average Bonchev–Trinajstić information content (AvgIpc) is 2.25. The molecule has 0 spiro atoms. The van der Waals surface area contributed by atoms with Crippen LogP contribution in [0.2, 0.25) is 5.15 Å². The molecule has 0 radical (unpaired) electrons. The Labute approximate surface area is 103 Å². The maximum Gasteiger partial charge on any atom is 0.165 e. The molecule has 0 saturated carbocycles. The molecule has 1 aliphatic heterocycles. The molecule has 1 atom stereocenters. The van der Waals surface area contributed by atoms with Crippen molar-refractivity contribution in [2.24, 2.45) is 0 Å². The maximum absolute atomic E-state index is 5.79. The van der Waals surface area contributed by atoms with E-state index in [1.165, 1.54) is 19.3 Å². The predicted molar refractivity (Wildman–Crippen MR) is 64.1 cm³/mol. The highest BCUT2D eigenvalue weighted by molar-refractivity contribution is 9.10. The number of halogens is 2. The van der Waals surface area contributed by atoms with Crippen LogP contribution in [-0.4, -0.2) is 22.8 Å². The molecule has 0 amide bonds. The number of rotatable bonds is 2. The summed E-state index contributed by atoms with van der Waals surface area (Å²) in [5.41, 5.74) is 0.991. The van der Waals surface area contributed by atoms with Crippen LogP contribution in [0.25, 0.3) is 0 Å². The van der Waals surface area contributed by atoms with Gasteiger partial charge in [-0.3, -0.25) is 0 Å². The zero-order valence-electron chi connectivity index (χ0n) is 8.34. The van der Waals surface area contributed by atoms with E-state index in [-0.39, 0.29) is 0 Å². The van der Waals surface area contributed by atoms with Gasteiger partial charge in [-0.2, -0.15) is 5.10 Å². The SMILES string of the molecule is Clc1nnc(CC2CCCCN2)cc1Br. The fraction of sp³-hybridized carbons (Fsp3) is 0.600. The Morgan fingerprint density at radius 1 is 1.47 bits per heavy atom. The van der Waals surface area contributed by atoms with Crippen molar-refractivity contribution in [1.82, 2.24) is 15.5 Å². The summed E-state index contributed by atoms with van der Waals surface area (Å²) in [6.07, 6.45) is 4.75. The van der Waals surface area contributed by atoms with E-state index in [0.29, 0.717) is 11.2 Å². The van der Waals surface area contributed by atoms with Crippen LogP contribution in [0.15, 0.2) is 10.5 Å². The summed E-state index contributed by atoms with van der Waals surface area (Å²) in [4.78, 5) is 0. The lowest BCUT2D eigenvalue weighted by atomic mass is 10.0. The minimum Gasteiger partial charge on any atom is -0.314 e. The van der Waals surface area contributed by atoms with Gasteiger partial charge in [0.25, 0.3) is 0 Å². The second kappa shape index (κ2) is 5.23. The Balaban J connectivity index is 2.00. The van der Waals surface area contributed by atoms with Crippen LogP contribution in [-0.2, 0) is 6.42 Å². The van der Waals surface area contributed by atoms with Crippen molar-refractivity contribution in [2.75, 3.05) is 6.54 Å². The minimum absolute atomic E-state index is 0.426. The highest BCUT2D eigenvalue weighted by Gasteiger charge is 2.14. The van der Waals surface area contributed by atoms with Crippen LogP contribution in [0.4, 0.5) is 0 Å². The Kier molecular flexibility index (Phi) is 3.94. The number of hydrogen-bond donors (Lipinski definition) is 1. The van der Waals surface area contributed by atoms with Gasteiger partial charge in [0.05, 0.1) is 10.2 Å². The molecule has 2 heterocycles. The number of nitrogens with zero attached hydrogens (tertiary/aromatic N) is 2. The number of nitrogens with one attached hydrogen (secondary N) is 1. The maximum atomic E-state index is 5.79. The number of hydrogen-bond acceptors (Lipinski definition) is 3. The van der Waals surface area contributed by atoms with Crippen molar-refractivity contribution in [3.05, 3.63) is 21.4 Å². The minimum atomic E-state index is 0.426. The van der Waals surface area contributed by atoms with Crippen molar-refractivity contribution >= 4 is 27.5 Å². The van der Waals surface area contributed by atoms with E-state index in [1.54, 1.807) is 0 Å². The summed E-state index contributed by atoms with van der Waals surface area (Å²) in [5, 5.41) is 11.9. The fourth-order valence-electron chi connectivity index (χ4n) is 1.84. The molecule has 15 heavy (non-hydrogen) atoms. The summed E-state index contributed by atoms with van der Waals surface area (Å²) >= 11 is 9.14. The third-order valence-electron chi connectivity index (χ3n) is 2.62. The van der Waals surface area contributed by atoms with Crippen LogP contribution in [0.5, 0.6) is 0 Å². The van der Waals surface area contributed by atoms with E-state index in [9.17, 15) is 0 Å². The first-order chi connectivity index (χ1) is 7.25. The second-order valence-electron chi connectivity index (χ2n) is 3.83. The van der Waals surface area contributed by atoms with Gasteiger partial charge in [0.15, 0.2) is 5.15 Å². The standard InChI is InChI=1S/C10H13BrClN3/c11-9-6-8(14-15-10(9)12)5-7-3-1-2-4-13-7/h6-7,13H,1-5H2. The Bertz CT molecular complexity index is 339. The Hall–Kier alpha value is -0.190. The first-order valence-corrected chi connectivity index (χ1v) is 6.34. The molecule has 82 valence electrons. The van der Waals surface area contributed by atoms with Gasteiger partial charge in [-0.1, -0.05) is 18.0 Å². The molecule has 2 rings (SSSR count). The van der Waals surface area contributed by atoms with Crippen molar-refractivity contribution < 1.29 is 0 Å². The molecule has 1 aliphatic rings. The first-order valence-electron chi connectivity index (χ1n) is 5.16. The van der Waals surface area contributed by atoms with Gasteiger partial charge < -0.3 is 5.32 Å². The lowest BCUT2D eigenvalue weighted by molar-refractivity contribution is 0.396. The summed E-state index contributed by atoms with van der Waals surface area (Å²) < 4.78 is 0.824. The average molecular weight is 291 g/mol. The van der Waals surface area contributed by atoms with E-state index in [2.05, 4.69) is 31.4 Å². The van der Waals surface area contributed by atoms with Gasteiger partial charge in [-0.05, 0) is 41.4 Å². The van der Waals surface area contributed by atoms with E-state index in [0.717, 1.165) is 23.1 Å². The molecular weight excluding hydrogens is 277 g/mol. The van der Waals surface area contributed by atoms with E-state index >= 15 is 0 Å². The van der Waals surface area contributed by atoms with E-state index < -0.39 is 0 Å². The summed E-state index contributed by atoms with van der Waals surface area (Å²) in [7, 11) is 0. The third kappa shape index (κ3) is 3.13. The van der Waals surface area contributed by atoms with Crippen LogP contribution in [0.1, 0.15) is 25.0 Å². The lowest BCUT2D eigenvalue weighted by Crippen LogP contribution is -2.35. The molecule has 0 aromatic carbocycles. The van der Waals surface area contributed by atoms with Gasteiger partial charge in [0.2, 0.25) is 0 Å². The second-order valence-corrected chi connectivity index (χ2v) is 5.04. The third-order valence-corrected chi connectivity index (χ3v) is 3.74. The summed E-state index contributed by atoms with van der Waals surface area (Å²) in [6.45, 7) is 1.12. The molecule has 0 bridgehead atoms. The van der Waals surface area contributed by atoms with Gasteiger partial charge in [-0.15, -0.1) is 5.10 Å². The quantitative estimate of drug-likeness (QED) is 0.910. The molecule has 1 N–H and O–H groups in total.